The van der Waals surface area contributed by atoms with Gasteiger partial charge in [0.15, 0.2) is 6.04 Å². The molecule has 4 rings (SSSR count). The standard InChI is InChI=1S/C28H47NO7/c1-14(5-8-23(34)29-25(15(2)30)26(35)36)18-6-7-19-24-20(13-22(33)28(18,19)4)27(3)10-9-17(31)11-16(27)12-21(24)32/h14-22,24-25,30-33H,5-13H2,1-4H3,(H,29,34)(H,35,36)/t14-,15?,16+,17-,18-,19+,20+,21-,22+,24+,25+,27+,28-/m1/s1. The number of hydrogen-bond donors (Lipinski definition) is 6. The van der Waals surface area contributed by atoms with Crippen molar-refractivity contribution >= 4 is 11.9 Å². The van der Waals surface area contributed by atoms with Crippen LogP contribution in [0.3, 0.4) is 0 Å². The maximum absolute atomic E-state index is 12.4. The molecule has 4 fully saturated rings. The van der Waals surface area contributed by atoms with E-state index in [1.165, 1.54) is 6.92 Å². The van der Waals surface area contributed by atoms with Gasteiger partial charge in [-0.3, -0.25) is 4.79 Å². The van der Waals surface area contributed by atoms with Crippen LogP contribution in [0.25, 0.3) is 0 Å². The van der Waals surface area contributed by atoms with Crippen molar-refractivity contribution in [2.24, 2.45) is 46.3 Å². The molecule has 1 unspecified atom stereocenters. The molecule has 4 aliphatic carbocycles. The Morgan fingerprint density at radius 3 is 2.33 bits per heavy atom. The Bertz CT molecular complexity index is 835. The highest BCUT2D eigenvalue weighted by atomic mass is 16.4. The predicted octanol–water partition coefficient (Wildman–Crippen LogP) is 2.31. The molecule has 0 aromatic rings. The first-order valence-electron chi connectivity index (χ1n) is 14.0. The molecular formula is C28H47NO7. The fourth-order valence-corrected chi connectivity index (χ4v) is 9.33. The van der Waals surface area contributed by atoms with Crippen molar-refractivity contribution in [2.75, 3.05) is 0 Å². The number of amides is 1. The Labute approximate surface area is 214 Å². The van der Waals surface area contributed by atoms with E-state index in [0.717, 1.165) is 38.5 Å². The van der Waals surface area contributed by atoms with Crippen LogP contribution in [-0.4, -0.2) is 67.9 Å². The highest BCUT2D eigenvalue weighted by molar-refractivity contribution is 5.83. The fraction of sp³-hybridized carbons (Fsp3) is 0.929. The number of hydrogen-bond acceptors (Lipinski definition) is 6. The molecule has 0 spiro atoms. The Balaban J connectivity index is 1.46. The van der Waals surface area contributed by atoms with Gasteiger partial charge in [-0.05, 0) is 105 Å². The highest BCUT2D eigenvalue weighted by Crippen LogP contribution is 2.68. The number of carboxylic acids is 1. The van der Waals surface area contributed by atoms with Crippen LogP contribution in [0.2, 0.25) is 0 Å². The number of aliphatic hydroxyl groups excluding tert-OH is 4. The Hall–Kier alpha value is -1.22. The van der Waals surface area contributed by atoms with E-state index in [2.05, 4.69) is 26.1 Å². The van der Waals surface area contributed by atoms with Gasteiger partial charge in [0.05, 0.1) is 24.4 Å². The summed E-state index contributed by atoms with van der Waals surface area (Å²) in [6.07, 6.45) is 4.18. The lowest BCUT2D eigenvalue weighted by molar-refractivity contribution is -0.207. The second-order valence-corrected chi connectivity index (χ2v) is 13.2. The summed E-state index contributed by atoms with van der Waals surface area (Å²) in [6.45, 7) is 7.97. The first-order valence-corrected chi connectivity index (χ1v) is 14.0. The van der Waals surface area contributed by atoms with Crippen LogP contribution >= 0.6 is 0 Å². The predicted molar refractivity (Wildman–Crippen MR) is 134 cm³/mol. The van der Waals surface area contributed by atoms with E-state index >= 15 is 0 Å². The first kappa shape index (κ1) is 27.8. The molecule has 0 heterocycles. The molecular weight excluding hydrogens is 462 g/mol. The van der Waals surface area contributed by atoms with E-state index in [1.54, 1.807) is 0 Å². The zero-order valence-electron chi connectivity index (χ0n) is 22.3. The summed E-state index contributed by atoms with van der Waals surface area (Å²) < 4.78 is 0. The van der Waals surface area contributed by atoms with Crippen LogP contribution in [0.1, 0.15) is 85.5 Å². The maximum atomic E-state index is 12.4. The van der Waals surface area contributed by atoms with Crippen LogP contribution in [0.15, 0.2) is 0 Å². The summed E-state index contributed by atoms with van der Waals surface area (Å²) in [5.74, 6) is -0.367. The zero-order chi connectivity index (χ0) is 26.6. The molecule has 206 valence electrons. The van der Waals surface area contributed by atoms with Gasteiger partial charge in [0, 0.05) is 6.42 Å². The number of carboxylic acid groups (broad SMARTS) is 1. The average Bonchev–Trinajstić information content (AvgIpc) is 3.16. The molecule has 1 amide bonds. The Kier molecular flexibility index (Phi) is 7.84. The molecule has 0 aromatic carbocycles. The van der Waals surface area contributed by atoms with Crippen LogP contribution in [0, 0.1) is 46.3 Å². The second kappa shape index (κ2) is 10.2. The number of rotatable bonds is 7. The summed E-state index contributed by atoms with van der Waals surface area (Å²) >= 11 is 0. The number of fused-ring (bicyclic) bond motifs is 5. The third-order valence-corrected chi connectivity index (χ3v) is 11.4. The van der Waals surface area contributed by atoms with Gasteiger partial charge < -0.3 is 30.8 Å². The van der Waals surface area contributed by atoms with E-state index in [1.807, 2.05) is 0 Å². The number of aliphatic hydroxyl groups is 4. The smallest absolute Gasteiger partial charge is 0.328 e. The minimum absolute atomic E-state index is 0.0394. The Morgan fingerprint density at radius 1 is 1.00 bits per heavy atom. The van der Waals surface area contributed by atoms with Gasteiger partial charge >= 0.3 is 5.97 Å². The van der Waals surface area contributed by atoms with Crippen molar-refractivity contribution < 1.29 is 35.1 Å². The lowest BCUT2D eigenvalue weighted by Crippen LogP contribution is -2.62. The van der Waals surface area contributed by atoms with E-state index in [9.17, 15) is 35.1 Å². The molecule has 4 saturated carbocycles. The van der Waals surface area contributed by atoms with E-state index < -0.39 is 30.3 Å². The highest BCUT2D eigenvalue weighted by Gasteiger charge is 2.65. The van der Waals surface area contributed by atoms with Gasteiger partial charge in [-0.2, -0.15) is 0 Å². The van der Waals surface area contributed by atoms with Crippen molar-refractivity contribution in [2.45, 2.75) is 116 Å². The number of nitrogens with one attached hydrogen (secondary N) is 1. The summed E-state index contributed by atoms with van der Waals surface area (Å²) in [6, 6.07) is -1.32. The van der Waals surface area contributed by atoms with Crippen LogP contribution < -0.4 is 5.32 Å². The molecule has 0 aliphatic heterocycles. The van der Waals surface area contributed by atoms with Crippen molar-refractivity contribution in [1.82, 2.24) is 5.32 Å². The average molecular weight is 510 g/mol. The van der Waals surface area contributed by atoms with Crippen LogP contribution in [0.4, 0.5) is 0 Å². The lowest BCUT2D eigenvalue weighted by atomic mass is 9.43. The largest absolute Gasteiger partial charge is 0.480 e. The van der Waals surface area contributed by atoms with E-state index in [-0.39, 0.29) is 58.9 Å². The van der Waals surface area contributed by atoms with Crippen LogP contribution in [-0.2, 0) is 9.59 Å². The monoisotopic (exact) mass is 509 g/mol. The van der Waals surface area contributed by atoms with Crippen molar-refractivity contribution in [1.29, 1.82) is 0 Å². The molecule has 0 radical (unpaired) electrons. The third kappa shape index (κ3) is 4.61. The molecule has 0 aromatic heterocycles. The lowest BCUT2D eigenvalue weighted by Gasteiger charge is -2.63. The number of carbonyl (C=O) groups is 2. The van der Waals surface area contributed by atoms with Gasteiger partial charge in [0.1, 0.15) is 0 Å². The molecule has 4 aliphatic rings. The molecule has 13 atom stereocenters. The fourth-order valence-electron chi connectivity index (χ4n) is 9.33. The first-order chi connectivity index (χ1) is 16.8. The Morgan fingerprint density at radius 2 is 1.69 bits per heavy atom. The molecule has 36 heavy (non-hydrogen) atoms. The second-order valence-electron chi connectivity index (χ2n) is 13.2. The van der Waals surface area contributed by atoms with Gasteiger partial charge in [-0.25, -0.2) is 4.79 Å². The zero-order valence-corrected chi connectivity index (χ0v) is 22.3. The van der Waals surface area contributed by atoms with Gasteiger partial charge in [-0.15, -0.1) is 0 Å². The third-order valence-electron chi connectivity index (χ3n) is 11.4. The van der Waals surface area contributed by atoms with Crippen molar-refractivity contribution in [3.05, 3.63) is 0 Å². The minimum Gasteiger partial charge on any atom is -0.480 e. The number of carbonyl (C=O) groups excluding carboxylic acids is 1. The summed E-state index contributed by atoms with van der Waals surface area (Å²) in [5, 5.41) is 54.6. The van der Waals surface area contributed by atoms with Gasteiger partial charge in [0.25, 0.3) is 0 Å². The molecule has 6 N–H and O–H groups in total. The molecule has 8 heteroatoms. The minimum atomic E-state index is -1.32. The quantitative estimate of drug-likeness (QED) is 0.309. The topological polar surface area (TPSA) is 147 Å². The molecule has 0 bridgehead atoms. The number of aliphatic carboxylic acids is 1. The van der Waals surface area contributed by atoms with Gasteiger partial charge in [0.2, 0.25) is 5.91 Å². The SMILES string of the molecule is CC(O)[C@H](NC(=O)CC[C@@H](C)[C@H]1CC[C@H]2[C@@H]3[C@H](O)C[C@@H]4C[C@H](O)CC[C@]4(C)[C@H]3C[C@H](O)[C@]12C)C(=O)O. The van der Waals surface area contributed by atoms with Crippen molar-refractivity contribution in [3.63, 3.8) is 0 Å². The van der Waals surface area contributed by atoms with Crippen molar-refractivity contribution in [3.8, 4) is 0 Å². The summed E-state index contributed by atoms with van der Waals surface area (Å²) in [5.41, 5.74) is -0.295. The normalized spacial score (nSPS) is 46.6. The molecule has 8 nitrogen and oxygen atoms in total. The molecule has 0 saturated heterocycles. The van der Waals surface area contributed by atoms with E-state index in [0.29, 0.717) is 18.8 Å². The maximum Gasteiger partial charge on any atom is 0.328 e. The van der Waals surface area contributed by atoms with Gasteiger partial charge in [-0.1, -0.05) is 20.8 Å². The van der Waals surface area contributed by atoms with Crippen LogP contribution in [0.5, 0.6) is 0 Å². The summed E-state index contributed by atoms with van der Waals surface area (Å²) in [7, 11) is 0. The van der Waals surface area contributed by atoms with E-state index in [4.69, 9.17) is 0 Å². The summed E-state index contributed by atoms with van der Waals surface area (Å²) in [4.78, 5) is 23.7.